The van der Waals surface area contributed by atoms with Crippen molar-refractivity contribution >= 4 is 35.4 Å². The number of nitrogens with zero attached hydrogens (tertiary/aromatic N) is 7. The largest absolute Gasteiger partial charge is 0.378 e. The molecule has 3 heterocycles. The topological polar surface area (TPSA) is 118 Å². The number of thioether (sulfide) groups is 1. The molecule has 0 aromatic carbocycles. The molecular weight excluding hydrogens is 524 g/mol. The Morgan fingerprint density at radius 1 is 1.25 bits per heavy atom. The number of aliphatic imine (C=N–C) groups is 1. The summed E-state index contributed by atoms with van der Waals surface area (Å²) in [7, 11) is 3.60. The molecule has 0 amide bonds. The molecule has 1 N–H and O–H groups in total. The highest BCUT2D eigenvalue weighted by Gasteiger charge is 2.31. The van der Waals surface area contributed by atoms with Gasteiger partial charge in [-0.05, 0) is 51.0 Å². The van der Waals surface area contributed by atoms with E-state index in [9.17, 15) is 4.79 Å². The van der Waals surface area contributed by atoms with Crippen LogP contribution in [-0.4, -0.2) is 63.0 Å². The molecule has 1 aliphatic carbocycles. The van der Waals surface area contributed by atoms with Crippen molar-refractivity contribution in [2.75, 3.05) is 24.8 Å². The maximum atomic E-state index is 12.2. The van der Waals surface area contributed by atoms with Crippen LogP contribution in [0.3, 0.4) is 0 Å². The molecule has 0 spiro atoms. The summed E-state index contributed by atoms with van der Waals surface area (Å²) in [6.07, 6.45) is 7.26. The molecule has 0 radical (unpaired) electrons. The Kier molecular flexibility index (Phi) is 10.2. The zero-order chi connectivity index (χ0) is 28.6. The molecule has 11 heteroatoms. The highest BCUT2D eigenvalue weighted by Crippen LogP contribution is 2.44. The number of nitrogens with one attached hydrogen (secondary N) is 1. The SMILES string of the molecule is CCSc1ccc(CN/C(C=O)=N/c2c(COC)nc(-c3c(C)ncnc3C3CC3)nc2N(C)[C@H](C)CC)nc1. The number of aryl methyl sites for hydroxylation is 1. The van der Waals surface area contributed by atoms with Gasteiger partial charge in [0.15, 0.2) is 23.8 Å². The Morgan fingerprint density at radius 3 is 2.67 bits per heavy atom. The molecule has 1 saturated carbocycles. The highest BCUT2D eigenvalue weighted by atomic mass is 32.2. The van der Waals surface area contributed by atoms with Crippen LogP contribution in [0.1, 0.15) is 68.7 Å². The molecule has 40 heavy (non-hydrogen) atoms. The third-order valence-electron chi connectivity index (χ3n) is 6.96. The Morgan fingerprint density at radius 2 is 2.05 bits per heavy atom. The summed E-state index contributed by atoms with van der Waals surface area (Å²) in [5, 5.41) is 3.13. The molecule has 0 unspecified atom stereocenters. The van der Waals surface area contributed by atoms with Gasteiger partial charge in [0.1, 0.15) is 12.0 Å². The van der Waals surface area contributed by atoms with E-state index in [1.165, 1.54) is 0 Å². The summed E-state index contributed by atoms with van der Waals surface area (Å²) in [4.78, 5) is 43.6. The van der Waals surface area contributed by atoms with E-state index in [1.807, 2.05) is 32.3 Å². The van der Waals surface area contributed by atoms with Gasteiger partial charge in [-0.1, -0.05) is 13.8 Å². The second-order valence-electron chi connectivity index (χ2n) is 9.85. The number of aromatic nitrogens is 5. The monoisotopic (exact) mass is 562 g/mol. The standard InChI is InChI=1S/C29H38N8O2S/c1-7-18(3)37(5)29-27(35-24(15-38)31-13-21-11-12-22(14-30-21)40-8-2)23(16-39-6)34-28(36-29)25-19(4)32-17-33-26(25)20-9-10-20/h11-12,14-15,17-18,20H,7-10,13,16H2,1-6H3,(H,31,35)/t18-/m1/s1. The number of carbonyl (C=O) groups excluding carboxylic acids is 1. The first-order chi connectivity index (χ1) is 19.4. The summed E-state index contributed by atoms with van der Waals surface area (Å²) < 4.78 is 5.55. The van der Waals surface area contributed by atoms with Crippen LogP contribution in [0, 0.1) is 6.92 Å². The molecule has 4 rings (SSSR count). The molecule has 3 aromatic heterocycles. The molecule has 0 saturated heterocycles. The van der Waals surface area contributed by atoms with Crippen LogP contribution >= 0.6 is 11.8 Å². The van der Waals surface area contributed by atoms with Crippen LogP contribution in [0.25, 0.3) is 11.4 Å². The lowest BCUT2D eigenvalue weighted by molar-refractivity contribution is -0.102. The van der Waals surface area contributed by atoms with E-state index >= 15 is 0 Å². The minimum Gasteiger partial charge on any atom is -0.378 e. The Balaban J connectivity index is 1.77. The number of hydrogen-bond acceptors (Lipinski definition) is 10. The van der Waals surface area contributed by atoms with Crippen LogP contribution in [0.4, 0.5) is 11.5 Å². The van der Waals surface area contributed by atoms with Gasteiger partial charge in [0.2, 0.25) is 0 Å². The van der Waals surface area contributed by atoms with Crippen molar-refractivity contribution in [3.63, 3.8) is 0 Å². The summed E-state index contributed by atoms with van der Waals surface area (Å²) >= 11 is 1.73. The van der Waals surface area contributed by atoms with Gasteiger partial charge in [-0.2, -0.15) is 0 Å². The first-order valence-electron chi connectivity index (χ1n) is 13.7. The second-order valence-corrected chi connectivity index (χ2v) is 11.2. The zero-order valence-electron chi connectivity index (χ0n) is 24.1. The van der Waals surface area contributed by atoms with E-state index in [1.54, 1.807) is 25.2 Å². The number of aldehydes is 1. The van der Waals surface area contributed by atoms with Gasteiger partial charge < -0.3 is 15.0 Å². The highest BCUT2D eigenvalue weighted by molar-refractivity contribution is 7.99. The molecule has 212 valence electrons. The number of anilines is 1. The van der Waals surface area contributed by atoms with E-state index < -0.39 is 0 Å². The minimum atomic E-state index is 0.166. The van der Waals surface area contributed by atoms with Crippen molar-refractivity contribution in [2.24, 2.45) is 4.99 Å². The van der Waals surface area contributed by atoms with E-state index in [4.69, 9.17) is 19.7 Å². The number of hydrogen-bond donors (Lipinski definition) is 1. The Bertz CT molecular complexity index is 1340. The number of rotatable bonds is 13. The molecule has 1 atom stereocenters. The fourth-order valence-electron chi connectivity index (χ4n) is 4.29. The van der Waals surface area contributed by atoms with Gasteiger partial charge in [-0.15, -0.1) is 11.8 Å². The van der Waals surface area contributed by atoms with Crippen LogP contribution in [0.5, 0.6) is 0 Å². The fourth-order valence-corrected chi connectivity index (χ4v) is 4.92. The lowest BCUT2D eigenvalue weighted by Gasteiger charge is -2.27. The molecule has 1 fully saturated rings. The maximum absolute atomic E-state index is 12.2. The molecular formula is C29H38N8O2S. The van der Waals surface area contributed by atoms with E-state index in [2.05, 4.69) is 45.9 Å². The molecule has 1 aliphatic rings. The van der Waals surface area contributed by atoms with E-state index in [-0.39, 0.29) is 18.5 Å². The molecule has 3 aromatic rings. The average molecular weight is 563 g/mol. The average Bonchev–Trinajstić information content (AvgIpc) is 3.81. The quantitative estimate of drug-likeness (QED) is 0.132. The van der Waals surface area contributed by atoms with Gasteiger partial charge in [0.05, 0.1) is 41.5 Å². The van der Waals surface area contributed by atoms with Crippen molar-refractivity contribution < 1.29 is 9.53 Å². The maximum Gasteiger partial charge on any atom is 0.185 e. The van der Waals surface area contributed by atoms with Crippen molar-refractivity contribution in [1.82, 2.24) is 30.2 Å². The molecule has 10 nitrogen and oxygen atoms in total. The van der Waals surface area contributed by atoms with Crippen molar-refractivity contribution in [1.29, 1.82) is 0 Å². The number of ether oxygens (including phenoxy) is 1. The second kappa shape index (κ2) is 13.8. The van der Waals surface area contributed by atoms with E-state index in [0.717, 1.165) is 52.6 Å². The fraction of sp³-hybridized carbons (Fsp3) is 0.483. The van der Waals surface area contributed by atoms with Crippen molar-refractivity contribution in [2.45, 2.75) is 77.0 Å². The molecule has 0 bridgehead atoms. The summed E-state index contributed by atoms with van der Waals surface area (Å²) in [5.41, 5.74) is 4.56. The van der Waals surface area contributed by atoms with Gasteiger partial charge in [0.25, 0.3) is 0 Å². The predicted octanol–water partition coefficient (Wildman–Crippen LogP) is 5.03. The van der Waals surface area contributed by atoms with Crippen LogP contribution in [0.2, 0.25) is 0 Å². The van der Waals surface area contributed by atoms with Gasteiger partial charge in [0, 0.05) is 37.2 Å². The van der Waals surface area contributed by atoms with E-state index in [0.29, 0.717) is 41.8 Å². The van der Waals surface area contributed by atoms with Gasteiger partial charge >= 0.3 is 0 Å². The third kappa shape index (κ3) is 7.00. The number of carbonyl (C=O) groups is 1. The Hall–Kier alpha value is -3.44. The van der Waals surface area contributed by atoms with Crippen LogP contribution in [-0.2, 0) is 22.7 Å². The summed E-state index contributed by atoms with van der Waals surface area (Å²) in [6, 6.07) is 4.15. The number of pyridine rings is 1. The Labute approximate surface area is 240 Å². The summed E-state index contributed by atoms with van der Waals surface area (Å²) in [6.45, 7) is 8.87. The molecule has 0 aliphatic heterocycles. The smallest absolute Gasteiger partial charge is 0.185 e. The predicted molar refractivity (Wildman–Crippen MR) is 159 cm³/mol. The number of amidine groups is 1. The lowest BCUT2D eigenvalue weighted by Crippen LogP contribution is -2.30. The van der Waals surface area contributed by atoms with Crippen LogP contribution < -0.4 is 10.2 Å². The number of methoxy groups -OCH3 is 1. The zero-order valence-corrected chi connectivity index (χ0v) is 25.0. The first-order valence-corrected chi connectivity index (χ1v) is 14.7. The van der Waals surface area contributed by atoms with Crippen molar-refractivity contribution in [3.8, 4) is 11.4 Å². The lowest BCUT2D eigenvalue weighted by atomic mass is 10.1. The van der Waals surface area contributed by atoms with Gasteiger partial charge in [-0.25, -0.2) is 24.9 Å². The van der Waals surface area contributed by atoms with Crippen LogP contribution in [0.15, 0.2) is 34.5 Å². The summed E-state index contributed by atoms with van der Waals surface area (Å²) in [5.74, 6) is 2.72. The first kappa shape index (κ1) is 29.5. The third-order valence-corrected chi connectivity index (χ3v) is 7.83. The van der Waals surface area contributed by atoms with Gasteiger partial charge in [-0.3, -0.25) is 9.78 Å². The van der Waals surface area contributed by atoms with Crippen molar-refractivity contribution in [3.05, 3.63) is 47.4 Å². The minimum absolute atomic E-state index is 0.166. The normalized spacial score (nSPS) is 14.2.